The van der Waals surface area contributed by atoms with Crippen LogP contribution in [-0.4, -0.2) is 11.3 Å². The van der Waals surface area contributed by atoms with Crippen LogP contribution in [0, 0.1) is 0 Å². The number of carbonyl (C=O) groups excluding carboxylic acids is 1. The van der Waals surface area contributed by atoms with Gasteiger partial charge in [-0.2, -0.15) is 11.3 Å². The average Bonchev–Trinajstić information content (AvgIpc) is 2.37. The Morgan fingerprint density at radius 3 is 2.75 bits per heavy atom. The van der Waals surface area contributed by atoms with E-state index in [0.717, 1.165) is 5.56 Å². The Balaban J connectivity index is 2.60. The van der Waals surface area contributed by atoms with E-state index in [1.165, 1.54) is 0 Å². The molecule has 1 heterocycles. The molecule has 66 valence electrons. The van der Waals surface area contributed by atoms with Crippen LogP contribution in [0.2, 0.25) is 0 Å². The van der Waals surface area contributed by atoms with Crippen molar-refractivity contribution in [3.05, 3.63) is 22.4 Å². The van der Waals surface area contributed by atoms with Gasteiger partial charge in [0.25, 0.3) is 0 Å². The van der Waals surface area contributed by atoms with Crippen molar-refractivity contribution in [1.82, 2.24) is 0 Å². The molecular formula is C9H13NOS. The van der Waals surface area contributed by atoms with E-state index >= 15 is 0 Å². The lowest BCUT2D eigenvalue weighted by Crippen LogP contribution is -2.42. The van der Waals surface area contributed by atoms with Crippen LogP contribution < -0.4 is 5.73 Å². The summed E-state index contributed by atoms with van der Waals surface area (Å²) >= 11 is 1.60. The predicted octanol–water partition coefficient (Wildman–Crippen LogP) is 1.60. The number of rotatable bonds is 3. The first-order valence-electron chi connectivity index (χ1n) is 3.83. The highest BCUT2D eigenvalue weighted by Gasteiger charge is 2.21. The van der Waals surface area contributed by atoms with E-state index in [9.17, 15) is 4.79 Å². The highest BCUT2D eigenvalue weighted by Crippen LogP contribution is 2.10. The first-order valence-corrected chi connectivity index (χ1v) is 4.77. The summed E-state index contributed by atoms with van der Waals surface area (Å²) in [6.45, 7) is 3.48. The molecule has 0 amide bonds. The molecule has 0 aliphatic carbocycles. The summed E-state index contributed by atoms with van der Waals surface area (Å²) in [5.74, 6) is 0.0842. The van der Waals surface area contributed by atoms with Crippen LogP contribution in [0.25, 0.3) is 0 Å². The molecule has 0 bridgehead atoms. The molecule has 0 fully saturated rings. The summed E-state index contributed by atoms with van der Waals surface area (Å²) in [7, 11) is 0. The van der Waals surface area contributed by atoms with Crippen molar-refractivity contribution in [2.45, 2.75) is 25.8 Å². The maximum Gasteiger partial charge on any atom is 0.156 e. The standard InChI is InChI=1S/C9H13NOS/c1-9(2,10)8(11)5-7-3-4-12-6-7/h3-4,6H,5,10H2,1-2H3. The monoisotopic (exact) mass is 183 g/mol. The number of nitrogens with two attached hydrogens (primary N) is 1. The molecule has 12 heavy (non-hydrogen) atoms. The topological polar surface area (TPSA) is 43.1 Å². The lowest BCUT2D eigenvalue weighted by Gasteiger charge is -2.15. The van der Waals surface area contributed by atoms with Crippen LogP contribution in [0.3, 0.4) is 0 Å². The normalized spacial score (nSPS) is 11.6. The first kappa shape index (κ1) is 9.42. The average molecular weight is 183 g/mol. The van der Waals surface area contributed by atoms with Gasteiger partial charge < -0.3 is 5.73 Å². The molecular weight excluding hydrogens is 170 g/mol. The zero-order valence-corrected chi connectivity index (χ0v) is 8.15. The zero-order chi connectivity index (χ0) is 9.19. The van der Waals surface area contributed by atoms with Crippen molar-refractivity contribution in [2.24, 2.45) is 5.73 Å². The van der Waals surface area contributed by atoms with Gasteiger partial charge in [-0.15, -0.1) is 0 Å². The molecule has 0 unspecified atom stereocenters. The third kappa shape index (κ3) is 2.43. The highest BCUT2D eigenvalue weighted by atomic mass is 32.1. The molecule has 3 heteroatoms. The fourth-order valence-electron chi connectivity index (χ4n) is 0.806. The van der Waals surface area contributed by atoms with E-state index in [1.807, 2.05) is 16.8 Å². The SMILES string of the molecule is CC(C)(N)C(=O)Cc1ccsc1. The third-order valence-electron chi connectivity index (χ3n) is 1.66. The summed E-state index contributed by atoms with van der Waals surface area (Å²) in [4.78, 5) is 11.4. The minimum absolute atomic E-state index is 0.0842. The second-order valence-corrected chi connectivity index (χ2v) is 4.23. The molecule has 0 aliphatic rings. The van der Waals surface area contributed by atoms with Crippen LogP contribution >= 0.6 is 11.3 Å². The van der Waals surface area contributed by atoms with Crippen molar-refractivity contribution in [2.75, 3.05) is 0 Å². The van der Waals surface area contributed by atoms with Crippen LogP contribution in [0.5, 0.6) is 0 Å². The van der Waals surface area contributed by atoms with Crippen molar-refractivity contribution in [3.63, 3.8) is 0 Å². The van der Waals surface area contributed by atoms with Crippen LogP contribution in [0.1, 0.15) is 19.4 Å². The first-order chi connectivity index (χ1) is 5.50. The van der Waals surface area contributed by atoms with Crippen LogP contribution in [0.4, 0.5) is 0 Å². The number of hydrogen-bond donors (Lipinski definition) is 1. The summed E-state index contributed by atoms with van der Waals surface area (Å²) in [6.07, 6.45) is 0.451. The molecule has 0 saturated heterocycles. The van der Waals surface area contributed by atoms with Crippen molar-refractivity contribution >= 4 is 17.1 Å². The van der Waals surface area contributed by atoms with Crippen LogP contribution in [0.15, 0.2) is 16.8 Å². The highest BCUT2D eigenvalue weighted by molar-refractivity contribution is 7.07. The second-order valence-electron chi connectivity index (χ2n) is 3.45. The molecule has 0 saturated carbocycles. The van der Waals surface area contributed by atoms with Gasteiger partial charge in [-0.05, 0) is 36.2 Å². The number of hydrogen-bond acceptors (Lipinski definition) is 3. The molecule has 1 rings (SSSR count). The quantitative estimate of drug-likeness (QED) is 0.773. The lowest BCUT2D eigenvalue weighted by molar-refractivity contribution is -0.122. The van der Waals surface area contributed by atoms with Gasteiger partial charge in [-0.1, -0.05) is 0 Å². The Bertz CT molecular complexity index is 259. The molecule has 0 aliphatic heterocycles. The fraction of sp³-hybridized carbons (Fsp3) is 0.444. The number of thiophene rings is 1. The maximum absolute atomic E-state index is 11.4. The van der Waals surface area contributed by atoms with Crippen molar-refractivity contribution in [1.29, 1.82) is 0 Å². The van der Waals surface area contributed by atoms with Gasteiger partial charge in [0.05, 0.1) is 5.54 Å². The third-order valence-corrected chi connectivity index (χ3v) is 2.40. The maximum atomic E-state index is 11.4. The van der Waals surface area contributed by atoms with E-state index in [-0.39, 0.29) is 5.78 Å². The fourth-order valence-corrected chi connectivity index (χ4v) is 1.48. The summed E-state index contributed by atoms with van der Waals surface area (Å²) in [5, 5.41) is 3.94. The van der Waals surface area contributed by atoms with Gasteiger partial charge in [0.1, 0.15) is 0 Å². The van der Waals surface area contributed by atoms with Gasteiger partial charge in [0.15, 0.2) is 5.78 Å². The molecule has 2 N–H and O–H groups in total. The minimum Gasteiger partial charge on any atom is -0.319 e. The van der Waals surface area contributed by atoms with Gasteiger partial charge in [-0.3, -0.25) is 4.79 Å². The van der Waals surface area contributed by atoms with Gasteiger partial charge in [-0.25, -0.2) is 0 Å². The second kappa shape index (κ2) is 3.37. The summed E-state index contributed by atoms with van der Waals surface area (Å²) in [5.41, 5.74) is 6.00. The molecule has 0 atom stereocenters. The Hall–Kier alpha value is -0.670. The Labute approximate surface area is 76.4 Å². The number of Topliss-reactive ketones (excluding diaryl/α,β-unsaturated/α-hetero) is 1. The smallest absolute Gasteiger partial charge is 0.156 e. The van der Waals surface area contributed by atoms with Gasteiger partial charge in [0, 0.05) is 6.42 Å². The van der Waals surface area contributed by atoms with Crippen molar-refractivity contribution in [3.8, 4) is 0 Å². The zero-order valence-electron chi connectivity index (χ0n) is 7.33. The minimum atomic E-state index is -0.706. The van der Waals surface area contributed by atoms with E-state index < -0.39 is 5.54 Å². The van der Waals surface area contributed by atoms with Gasteiger partial charge >= 0.3 is 0 Å². The Morgan fingerprint density at radius 2 is 2.33 bits per heavy atom. The largest absolute Gasteiger partial charge is 0.319 e. The molecule has 1 aromatic heterocycles. The summed E-state index contributed by atoms with van der Waals surface area (Å²) < 4.78 is 0. The molecule has 0 radical (unpaired) electrons. The number of ketones is 1. The molecule has 2 nitrogen and oxygen atoms in total. The van der Waals surface area contributed by atoms with Gasteiger partial charge in [0.2, 0.25) is 0 Å². The van der Waals surface area contributed by atoms with E-state index in [2.05, 4.69) is 0 Å². The van der Waals surface area contributed by atoms with E-state index in [4.69, 9.17) is 5.73 Å². The summed E-state index contributed by atoms with van der Waals surface area (Å²) in [6, 6.07) is 1.95. The lowest BCUT2D eigenvalue weighted by atomic mass is 9.96. The number of carbonyl (C=O) groups is 1. The van der Waals surface area contributed by atoms with Crippen LogP contribution in [-0.2, 0) is 11.2 Å². The Kier molecular flexibility index (Phi) is 2.65. The molecule has 1 aromatic rings. The van der Waals surface area contributed by atoms with E-state index in [0.29, 0.717) is 6.42 Å². The predicted molar refractivity (Wildman–Crippen MR) is 51.3 cm³/mol. The van der Waals surface area contributed by atoms with E-state index in [1.54, 1.807) is 25.2 Å². The van der Waals surface area contributed by atoms with Crippen molar-refractivity contribution < 1.29 is 4.79 Å². The molecule has 0 spiro atoms. The Morgan fingerprint density at radius 1 is 1.67 bits per heavy atom. The molecule has 0 aromatic carbocycles.